The number of benzene rings is 2. The second kappa shape index (κ2) is 8.51. The Bertz CT molecular complexity index is 469. The van der Waals surface area contributed by atoms with Crippen LogP contribution in [0.4, 0.5) is 0 Å². The average molecular weight is 269 g/mol. The molecule has 0 radical (unpaired) electrons. The summed E-state index contributed by atoms with van der Waals surface area (Å²) in [6, 6.07) is 20.7. The Hall–Kier alpha value is -1.64. The molecule has 2 heteroatoms. The van der Waals surface area contributed by atoms with Gasteiger partial charge in [0.05, 0.1) is 12.7 Å². The van der Waals surface area contributed by atoms with Crippen molar-refractivity contribution >= 4 is 0 Å². The normalized spacial score (nSPS) is 12.2. The summed E-state index contributed by atoms with van der Waals surface area (Å²) in [5.41, 5.74) is 2.44. The maximum atomic E-state index is 6.10. The minimum Gasteiger partial charge on any atom is -0.368 e. The summed E-state index contributed by atoms with van der Waals surface area (Å²) in [7, 11) is 0. The van der Waals surface area contributed by atoms with Crippen molar-refractivity contribution in [2.24, 2.45) is 0 Å². The van der Waals surface area contributed by atoms with Crippen molar-refractivity contribution in [1.29, 1.82) is 0 Å². The lowest BCUT2D eigenvalue weighted by molar-refractivity contribution is 0.0399. The fourth-order valence-electron chi connectivity index (χ4n) is 2.12. The standard InChI is InChI=1S/C18H23NO/c1-2-13-19-14-18(17-11-7-4-8-12-17)20-15-16-9-5-3-6-10-16/h3-12,18-19H,2,13-15H2,1H3. The highest BCUT2D eigenvalue weighted by atomic mass is 16.5. The Kier molecular flexibility index (Phi) is 6.28. The van der Waals surface area contributed by atoms with Crippen LogP contribution in [-0.4, -0.2) is 13.1 Å². The Morgan fingerprint density at radius 3 is 2.25 bits per heavy atom. The van der Waals surface area contributed by atoms with Crippen LogP contribution in [0.1, 0.15) is 30.6 Å². The molecule has 0 fully saturated rings. The summed E-state index contributed by atoms with van der Waals surface area (Å²) in [6.07, 6.45) is 1.24. The van der Waals surface area contributed by atoms with E-state index in [1.807, 2.05) is 24.3 Å². The zero-order valence-electron chi connectivity index (χ0n) is 12.1. The first kappa shape index (κ1) is 14.8. The quantitative estimate of drug-likeness (QED) is 0.733. The molecule has 0 bridgehead atoms. The number of rotatable bonds is 8. The highest BCUT2D eigenvalue weighted by molar-refractivity contribution is 5.18. The summed E-state index contributed by atoms with van der Waals surface area (Å²) >= 11 is 0. The van der Waals surface area contributed by atoms with Crippen molar-refractivity contribution < 1.29 is 4.74 Å². The maximum Gasteiger partial charge on any atom is 0.0953 e. The fraction of sp³-hybridized carbons (Fsp3) is 0.333. The molecule has 0 heterocycles. The van der Waals surface area contributed by atoms with Crippen molar-refractivity contribution in [3.63, 3.8) is 0 Å². The van der Waals surface area contributed by atoms with Gasteiger partial charge in [-0.05, 0) is 24.1 Å². The van der Waals surface area contributed by atoms with Gasteiger partial charge in [-0.2, -0.15) is 0 Å². The van der Waals surface area contributed by atoms with E-state index in [2.05, 4.69) is 48.6 Å². The van der Waals surface area contributed by atoms with Crippen LogP contribution in [0.3, 0.4) is 0 Å². The lowest BCUT2D eigenvalue weighted by atomic mass is 10.1. The van der Waals surface area contributed by atoms with E-state index in [1.54, 1.807) is 0 Å². The summed E-state index contributed by atoms with van der Waals surface area (Å²) in [5.74, 6) is 0. The zero-order chi connectivity index (χ0) is 14.0. The first-order valence-electron chi connectivity index (χ1n) is 7.31. The van der Waals surface area contributed by atoms with Crippen LogP contribution < -0.4 is 5.32 Å². The van der Waals surface area contributed by atoms with Gasteiger partial charge in [0, 0.05) is 6.54 Å². The van der Waals surface area contributed by atoms with E-state index in [-0.39, 0.29) is 6.10 Å². The van der Waals surface area contributed by atoms with Gasteiger partial charge in [-0.1, -0.05) is 67.6 Å². The van der Waals surface area contributed by atoms with Gasteiger partial charge in [0.25, 0.3) is 0 Å². The molecule has 1 N–H and O–H groups in total. The van der Waals surface area contributed by atoms with E-state index in [0.29, 0.717) is 6.61 Å². The second-order valence-corrected chi connectivity index (χ2v) is 4.90. The number of nitrogens with one attached hydrogen (secondary N) is 1. The smallest absolute Gasteiger partial charge is 0.0953 e. The molecule has 1 unspecified atom stereocenters. The van der Waals surface area contributed by atoms with Crippen LogP contribution in [0.25, 0.3) is 0 Å². The molecule has 0 aliphatic rings. The third-order valence-electron chi connectivity index (χ3n) is 3.22. The molecule has 0 aromatic heterocycles. The first-order valence-corrected chi connectivity index (χ1v) is 7.31. The van der Waals surface area contributed by atoms with Crippen molar-refractivity contribution in [1.82, 2.24) is 5.32 Å². The van der Waals surface area contributed by atoms with E-state index in [4.69, 9.17) is 4.74 Å². The molecule has 2 aromatic carbocycles. The molecule has 2 nitrogen and oxygen atoms in total. The van der Waals surface area contributed by atoms with Gasteiger partial charge in [0.2, 0.25) is 0 Å². The van der Waals surface area contributed by atoms with Crippen LogP contribution in [0.5, 0.6) is 0 Å². The number of hydrogen-bond donors (Lipinski definition) is 1. The van der Waals surface area contributed by atoms with Gasteiger partial charge in [0.15, 0.2) is 0 Å². The van der Waals surface area contributed by atoms with Crippen LogP contribution in [0.15, 0.2) is 60.7 Å². The molecule has 106 valence electrons. The van der Waals surface area contributed by atoms with E-state index in [1.165, 1.54) is 11.1 Å². The van der Waals surface area contributed by atoms with Gasteiger partial charge in [0.1, 0.15) is 0 Å². The molecule has 2 rings (SSSR count). The van der Waals surface area contributed by atoms with Crippen molar-refractivity contribution in [2.75, 3.05) is 13.1 Å². The first-order chi connectivity index (χ1) is 9.90. The second-order valence-electron chi connectivity index (χ2n) is 4.90. The Balaban J connectivity index is 1.95. The molecule has 1 atom stereocenters. The SMILES string of the molecule is CCCNCC(OCc1ccccc1)c1ccccc1. The fourth-order valence-corrected chi connectivity index (χ4v) is 2.12. The predicted molar refractivity (Wildman–Crippen MR) is 83.6 cm³/mol. The minimum absolute atomic E-state index is 0.1000. The lowest BCUT2D eigenvalue weighted by Gasteiger charge is -2.19. The molecule has 0 aliphatic heterocycles. The van der Waals surface area contributed by atoms with Crippen LogP contribution in [-0.2, 0) is 11.3 Å². The molecular weight excluding hydrogens is 246 g/mol. The maximum absolute atomic E-state index is 6.10. The third kappa shape index (κ3) is 4.80. The highest BCUT2D eigenvalue weighted by Crippen LogP contribution is 2.18. The highest BCUT2D eigenvalue weighted by Gasteiger charge is 2.11. The molecule has 0 aliphatic carbocycles. The third-order valence-corrected chi connectivity index (χ3v) is 3.22. The predicted octanol–water partition coefficient (Wildman–Crippen LogP) is 3.94. The Morgan fingerprint density at radius 1 is 0.950 bits per heavy atom. The summed E-state index contributed by atoms with van der Waals surface area (Å²) in [6.45, 7) is 4.70. The van der Waals surface area contributed by atoms with E-state index in [0.717, 1.165) is 19.5 Å². The van der Waals surface area contributed by atoms with Gasteiger partial charge < -0.3 is 10.1 Å². The molecule has 0 saturated heterocycles. The van der Waals surface area contributed by atoms with E-state index in [9.17, 15) is 0 Å². The molecule has 0 spiro atoms. The van der Waals surface area contributed by atoms with Crippen LogP contribution in [0, 0.1) is 0 Å². The van der Waals surface area contributed by atoms with Crippen LogP contribution in [0.2, 0.25) is 0 Å². The van der Waals surface area contributed by atoms with Gasteiger partial charge in [-0.15, -0.1) is 0 Å². The molecule has 0 saturated carbocycles. The molecule has 20 heavy (non-hydrogen) atoms. The monoisotopic (exact) mass is 269 g/mol. The van der Waals surface area contributed by atoms with Crippen molar-refractivity contribution in [3.8, 4) is 0 Å². The molecule has 2 aromatic rings. The van der Waals surface area contributed by atoms with Crippen LogP contribution >= 0.6 is 0 Å². The van der Waals surface area contributed by atoms with E-state index >= 15 is 0 Å². The lowest BCUT2D eigenvalue weighted by Crippen LogP contribution is -2.24. The van der Waals surface area contributed by atoms with Gasteiger partial charge >= 0.3 is 0 Å². The number of hydrogen-bond acceptors (Lipinski definition) is 2. The molecular formula is C18H23NO. The topological polar surface area (TPSA) is 21.3 Å². The number of ether oxygens (including phenoxy) is 1. The van der Waals surface area contributed by atoms with E-state index < -0.39 is 0 Å². The van der Waals surface area contributed by atoms with Crippen molar-refractivity contribution in [3.05, 3.63) is 71.8 Å². The average Bonchev–Trinajstić information content (AvgIpc) is 2.52. The summed E-state index contributed by atoms with van der Waals surface area (Å²) in [5, 5.41) is 3.44. The van der Waals surface area contributed by atoms with Gasteiger partial charge in [-0.3, -0.25) is 0 Å². The largest absolute Gasteiger partial charge is 0.368 e. The zero-order valence-corrected chi connectivity index (χ0v) is 12.1. The Morgan fingerprint density at radius 2 is 1.60 bits per heavy atom. The Labute approximate surface area is 121 Å². The minimum atomic E-state index is 0.1000. The molecule has 0 amide bonds. The summed E-state index contributed by atoms with van der Waals surface area (Å²) < 4.78 is 6.10. The van der Waals surface area contributed by atoms with Crippen molar-refractivity contribution in [2.45, 2.75) is 26.1 Å². The van der Waals surface area contributed by atoms with Gasteiger partial charge in [-0.25, -0.2) is 0 Å². The summed E-state index contributed by atoms with van der Waals surface area (Å²) in [4.78, 5) is 0.